The third-order valence-electron chi connectivity index (χ3n) is 11.3. The highest BCUT2D eigenvalue weighted by molar-refractivity contribution is 5.96. The molecule has 0 bridgehead atoms. The van der Waals surface area contributed by atoms with Crippen molar-refractivity contribution in [3.63, 3.8) is 0 Å². The Kier molecular flexibility index (Phi) is 8.84. The zero-order valence-corrected chi connectivity index (χ0v) is 25.0. The van der Waals surface area contributed by atoms with E-state index in [-0.39, 0.29) is 54.6 Å². The summed E-state index contributed by atoms with van der Waals surface area (Å²) in [5.41, 5.74) is 0.157. The van der Waals surface area contributed by atoms with Gasteiger partial charge in [0.1, 0.15) is 12.2 Å². The number of allylic oxidation sites excluding steroid dienone is 2. The Labute approximate surface area is 252 Å². The number of carboxylic acid groups (broad SMARTS) is 1. The topological polar surface area (TPSA) is 166 Å². The number of ketones is 1. The summed E-state index contributed by atoms with van der Waals surface area (Å²) in [7, 11) is 0. The molecular weight excluding hydrogens is 552 g/mol. The lowest BCUT2D eigenvalue weighted by Crippen LogP contribution is -2.62. The van der Waals surface area contributed by atoms with E-state index in [1.807, 2.05) is 43.3 Å². The van der Waals surface area contributed by atoms with Crippen LogP contribution in [0.3, 0.4) is 0 Å². The van der Waals surface area contributed by atoms with Crippen molar-refractivity contribution in [2.24, 2.45) is 33.7 Å². The van der Waals surface area contributed by atoms with Crippen molar-refractivity contribution in [2.45, 2.75) is 82.8 Å². The first kappa shape index (κ1) is 31.3. The highest BCUT2D eigenvalue weighted by Gasteiger charge is 2.68. The van der Waals surface area contributed by atoms with E-state index in [1.54, 1.807) is 0 Å². The van der Waals surface area contributed by atoms with Gasteiger partial charge in [-0.05, 0) is 79.8 Å². The third kappa shape index (κ3) is 5.65. The standard InChI is InChI=1S/C33H44N2O8/c1-31-12-10-23(35-43-19-28(39)34-17-21(14-29(40)41)20-6-4-3-5-7-20)15-22(31)8-9-24-25-11-13-33(42,27(38)18-36)32(25,2)16-26(37)30(24)31/h3-7,15,21,24-26,30,36-37,42H,8-14,16-19H2,1-2H3,(H,34,39)(H,40,41). The largest absolute Gasteiger partial charge is 0.481 e. The van der Waals surface area contributed by atoms with E-state index in [0.717, 1.165) is 30.5 Å². The van der Waals surface area contributed by atoms with Crippen molar-refractivity contribution in [2.75, 3.05) is 19.8 Å². The number of aliphatic hydroxyl groups is 3. The molecule has 0 heterocycles. The van der Waals surface area contributed by atoms with E-state index in [1.165, 1.54) is 5.57 Å². The SMILES string of the molecule is CC12CCC(=NOCC(=O)NCC(CC(=O)O)c3ccccc3)C=C1CCC1C2C(O)CC2(C)C1CCC2(O)C(=O)CO. The number of rotatable bonds is 10. The van der Waals surface area contributed by atoms with Gasteiger partial charge in [0, 0.05) is 17.9 Å². The minimum absolute atomic E-state index is 0.00578. The second-order valence-electron chi connectivity index (χ2n) is 13.5. The number of oxime groups is 1. The molecule has 10 heteroatoms. The van der Waals surface area contributed by atoms with E-state index in [0.29, 0.717) is 25.7 Å². The number of benzene rings is 1. The Bertz CT molecular complexity index is 1300. The number of carboxylic acids is 1. The Morgan fingerprint density at radius 2 is 1.86 bits per heavy atom. The van der Waals surface area contributed by atoms with Gasteiger partial charge in [-0.3, -0.25) is 14.4 Å². The predicted molar refractivity (Wildman–Crippen MR) is 158 cm³/mol. The molecule has 3 saturated carbocycles. The van der Waals surface area contributed by atoms with Gasteiger partial charge < -0.3 is 30.6 Å². The van der Waals surface area contributed by atoms with Crippen molar-refractivity contribution in [3.8, 4) is 0 Å². The maximum absolute atomic E-state index is 12.6. The van der Waals surface area contributed by atoms with Crippen LogP contribution in [-0.4, -0.2) is 75.3 Å². The summed E-state index contributed by atoms with van der Waals surface area (Å²) in [6, 6.07) is 9.22. The van der Waals surface area contributed by atoms with Crippen LogP contribution in [0.5, 0.6) is 0 Å². The number of nitrogens with zero attached hydrogens (tertiary/aromatic N) is 1. The number of hydrogen-bond acceptors (Lipinski definition) is 8. The van der Waals surface area contributed by atoms with Crippen molar-refractivity contribution in [3.05, 3.63) is 47.5 Å². The Morgan fingerprint density at radius 1 is 1.12 bits per heavy atom. The van der Waals surface area contributed by atoms with E-state index in [9.17, 15) is 34.8 Å². The maximum atomic E-state index is 12.6. The summed E-state index contributed by atoms with van der Waals surface area (Å²) in [6.07, 6.45) is 5.63. The number of Topliss-reactive ketones (excluding diaryl/α,β-unsaturated/α-hetero) is 1. The number of aliphatic hydroxyl groups excluding tert-OH is 2. The molecule has 5 N–H and O–H groups in total. The highest BCUT2D eigenvalue weighted by Crippen LogP contribution is 2.67. The van der Waals surface area contributed by atoms with Gasteiger partial charge >= 0.3 is 5.97 Å². The number of hydrogen-bond donors (Lipinski definition) is 5. The van der Waals surface area contributed by atoms with Crippen LogP contribution < -0.4 is 5.32 Å². The minimum atomic E-state index is -1.61. The third-order valence-corrected chi connectivity index (χ3v) is 11.3. The van der Waals surface area contributed by atoms with Gasteiger partial charge in [-0.1, -0.05) is 54.9 Å². The van der Waals surface area contributed by atoms with Crippen LogP contribution in [0, 0.1) is 28.6 Å². The Morgan fingerprint density at radius 3 is 2.56 bits per heavy atom. The molecule has 43 heavy (non-hydrogen) atoms. The van der Waals surface area contributed by atoms with Crippen LogP contribution in [0.1, 0.15) is 76.7 Å². The van der Waals surface area contributed by atoms with Crippen LogP contribution in [0.15, 0.2) is 47.1 Å². The first-order valence-corrected chi connectivity index (χ1v) is 15.4. The molecule has 4 aliphatic rings. The molecule has 234 valence electrons. The maximum Gasteiger partial charge on any atom is 0.304 e. The normalized spacial score (nSPS) is 36.5. The van der Waals surface area contributed by atoms with Gasteiger partial charge in [0.05, 0.1) is 18.2 Å². The van der Waals surface area contributed by atoms with Gasteiger partial charge in [0.2, 0.25) is 0 Å². The number of aliphatic carboxylic acids is 1. The molecule has 1 aromatic carbocycles. The molecule has 1 aromatic rings. The highest BCUT2D eigenvalue weighted by atomic mass is 16.6. The zero-order valence-electron chi connectivity index (χ0n) is 25.0. The zero-order chi connectivity index (χ0) is 31.0. The Hall–Kier alpha value is -3.08. The molecule has 5 rings (SSSR count). The van der Waals surface area contributed by atoms with Gasteiger partial charge in [-0.15, -0.1) is 0 Å². The monoisotopic (exact) mass is 596 g/mol. The molecule has 0 aromatic heterocycles. The summed E-state index contributed by atoms with van der Waals surface area (Å²) in [4.78, 5) is 41.8. The number of amides is 1. The molecule has 0 spiro atoms. The summed E-state index contributed by atoms with van der Waals surface area (Å²) in [5.74, 6) is -1.97. The molecule has 0 aliphatic heterocycles. The summed E-state index contributed by atoms with van der Waals surface area (Å²) in [6.45, 7) is 3.31. The quantitative estimate of drug-likeness (QED) is 0.257. The van der Waals surface area contributed by atoms with Crippen LogP contribution in [0.4, 0.5) is 0 Å². The van der Waals surface area contributed by atoms with Gasteiger partial charge in [0.25, 0.3) is 5.91 Å². The molecular formula is C33H44N2O8. The average Bonchev–Trinajstić information content (AvgIpc) is 3.25. The van der Waals surface area contributed by atoms with Gasteiger partial charge in [0.15, 0.2) is 12.4 Å². The lowest BCUT2D eigenvalue weighted by atomic mass is 9.45. The summed E-state index contributed by atoms with van der Waals surface area (Å²) < 4.78 is 0. The van der Waals surface area contributed by atoms with E-state index < -0.39 is 35.5 Å². The molecule has 0 radical (unpaired) electrons. The van der Waals surface area contributed by atoms with Gasteiger partial charge in [-0.2, -0.15) is 0 Å². The van der Waals surface area contributed by atoms with E-state index in [2.05, 4.69) is 17.4 Å². The minimum Gasteiger partial charge on any atom is -0.481 e. The van der Waals surface area contributed by atoms with Crippen molar-refractivity contribution in [1.29, 1.82) is 0 Å². The molecule has 0 saturated heterocycles. The van der Waals surface area contributed by atoms with Crippen LogP contribution in [-0.2, 0) is 19.2 Å². The number of nitrogens with one attached hydrogen (secondary N) is 1. The Balaban J connectivity index is 1.21. The van der Waals surface area contributed by atoms with Gasteiger partial charge in [-0.25, -0.2) is 0 Å². The second-order valence-corrected chi connectivity index (χ2v) is 13.5. The first-order chi connectivity index (χ1) is 20.4. The molecule has 8 atom stereocenters. The van der Waals surface area contributed by atoms with Crippen molar-refractivity contribution < 1.29 is 39.6 Å². The molecule has 1 amide bonds. The van der Waals surface area contributed by atoms with Crippen molar-refractivity contribution in [1.82, 2.24) is 5.32 Å². The number of carbonyl (C=O) groups excluding carboxylic acids is 2. The smallest absolute Gasteiger partial charge is 0.304 e. The fourth-order valence-corrected chi connectivity index (χ4v) is 9.07. The molecule has 8 unspecified atom stereocenters. The molecule has 4 aliphatic carbocycles. The fraction of sp³-hybridized carbons (Fsp3) is 0.636. The van der Waals surface area contributed by atoms with E-state index >= 15 is 0 Å². The molecule has 10 nitrogen and oxygen atoms in total. The number of carbonyl (C=O) groups is 3. The lowest BCUT2D eigenvalue weighted by Gasteiger charge is -2.60. The summed E-state index contributed by atoms with van der Waals surface area (Å²) in [5, 5.41) is 48.8. The summed E-state index contributed by atoms with van der Waals surface area (Å²) >= 11 is 0. The van der Waals surface area contributed by atoms with Crippen molar-refractivity contribution >= 4 is 23.4 Å². The van der Waals surface area contributed by atoms with Crippen LogP contribution in [0.2, 0.25) is 0 Å². The second kappa shape index (κ2) is 12.1. The van der Waals surface area contributed by atoms with Crippen LogP contribution in [0.25, 0.3) is 0 Å². The average molecular weight is 597 g/mol. The first-order valence-electron chi connectivity index (χ1n) is 15.4. The predicted octanol–water partition coefficient (Wildman–Crippen LogP) is 2.96. The molecule has 3 fully saturated rings. The fourth-order valence-electron chi connectivity index (χ4n) is 9.07. The lowest BCUT2D eigenvalue weighted by molar-refractivity contribution is -0.181. The number of fused-ring (bicyclic) bond motifs is 5. The van der Waals surface area contributed by atoms with Crippen LogP contribution >= 0.6 is 0 Å². The van der Waals surface area contributed by atoms with E-state index in [4.69, 9.17) is 4.84 Å².